The van der Waals surface area contributed by atoms with Crippen molar-refractivity contribution in [2.45, 2.75) is 26.0 Å². The van der Waals surface area contributed by atoms with Crippen LogP contribution in [0.5, 0.6) is 5.75 Å². The molecule has 3 nitrogen and oxygen atoms in total. The molecule has 2 N–H and O–H groups in total. The molecule has 2 unspecified atom stereocenters. The van der Waals surface area contributed by atoms with Gasteiger partial charge in [-0.2, -0.15) is 0 Å². The lowest BCUT2D eigenvalue weighted by Gasteiger charge is -2.20. The van der Waals surface area contributed by atoms with Gasteiger partial charge >= 0.3 is 0 Å². The second kappa shape index (κ2) is 5.59. The number of hydrogen-bond donors (Lipinski definition) is 1. The van der Waals surface area contributed by atoms with Crippen LogP contribution in [0.3, 0.4) is 0 Å². The summed E-state index contributed by atoms with van der Waals surface area (Å²) in [5.41, 5.74) is 5.97. The van der Waals surface area contributed by atoms with Crippen molar-refractivity contribution in [3.63, 3.8) is 0 Å². The Hall–Kier alpha value is -1.26. The van der Waals surface area contributed by atoms with E-state index < -0.39 is 0 Å². The van der Waals surface area contributed by atoms with Crippen LogP contribution >= 0.6 is 15.9 Å². The summed E-state index contributed by atoms with van der Waals surface area (Å²) in [6.45, 7) is 3.81. The van der Waals surface area contributed by atoms with Crippen LogP contribution in [0.4, 0.5) is 0 Å². The fourth-order valence-corrected chi connectivity index (χ4v) is 2.10. The second-order valence-electron chi connectivity index (χ2n) is 4.30. The van der Waals surface area contributed by atoms with E-state index in [1.54, 1.807) is 0 Å². The van der Waals surface area contributed by atoms with Crippen LogP contribution in [-0.2, 0) is 0 Å². The summed E-state index contributed by atoms with van der Waals surface area (Å²) >= 11 is 3.41. The van der Waals surface area contributed by atoms with Gasteiger partial charge in [0.15, 0.2) is 6.10 Å². The van der Waals surface area contributed by atoms with Crippen LogP contribution in [0, 0.1) is 6.92 Å². The van der Waals surface area contributed by atoms with Crippen LogP contribution in [0.15, 0.2) is 45.3 Å². The Morgan fingerprint density at radius 1 is 1.28 bits per heavy atom. The van der Waals surface area contributed by atoms with Crippen LogP contribution in [-0.4, -0.2) is 6.04 Å². The molecule has 2 rings (SSSR count). The molecule has 0 aliphatic heterocycles. The van der Waals surface area contributed by atoms with Gasteiger partial charge < -0.3 is 14.9 Å². The minimum absolute atomic E-state index is 0.158. The molecule has 18 heavy (non-hydrogen) atoms. The molecule has 1 aromatic carbocycles. The van der Waals surface area contributed by atoms with Crippen molar-refractivity contribution in [2.75, 3.05) is 0 Å². The quantitative estimate of drug-likeness (QED) is 0.934. The number of hydrogen-bond acceptors (Lipinski definition) is 3. The summed E-state index contributed by atoms with van der Waals surface area (Å²) in [5.74, 6) is 2.37. The molecular weight excluding hydrogens is 294 g/mol. The van der Waals surface area contributed by atoms with E-state index in [0.717, 1.165) is 21.7 Å². The zero-order valence-electron chi connectivity index (χ0n) is 10.4. The molecule has 0 aliphatic carbocycles. The maximum absolute atomic E-state index is 5.97. The molecule has 0 radical (unpaired) electrons. The summed E-state index contributed by atoms with van der Waals surface area (Å²) < 4.78 is 12.5. The van der Waals surface area contributed by atoms with Crippen LogP contribution < -0.4 is 10.5 Å². The normalized spacial score (nSPS) is 14.2. The SMILES string of the molecule is Cc1ccc(C(Oc2cccc(Br)c2)C(C)N)o1. The molecule has 0 saturated heterocycles. The van der Waals surface area contributed by atoms with Gasteiger partial charge in [0, 0.05) is 10.5 Å². The largest absolute Gasteiger partial charge is 0.481 e. The Bertz CT molecular complexity index is 522. The molecular formula is C14H16BrNO2. The molecule has 96 valence electrons. The molecule has 2 atom stereocenters. The molecule has 0 saturated carbocycles. The van der Waals surface area contributed by atoms with Gasteiger partial charge in [0.05, 0.1) is 0 Å². The van der Waals surface area contributed by atoms with Crippen LogP contribution in [0.2, 0.25) is 0 Å². The van der Waals surface area contributed by atoms with E-state index >= 15 is 0 Å². The number of nitrogens with two attached hydrogens (primary N) is 1. The highest BCUT2D eigenvalue weighted by Gasteiger charge is 2.21. The maximum Gasteiger partial charge on any atom is 0.171 e. The van der Waals surface area contributed by atoms with E-state index in [1.807, 2.05) is 50.2 Å². The Morgan fingerprint density at radius 2 is 2.06 bits per heavy atom. The topological polar surface area (TPSA) is 48.4 Å². The molecule has 1 heterocycles. The van der Waals surface area contributed by atoms with Crippen molar-refractivity contribution >= 4 is 15.9 Å². The molecule has 0 aliphatic rings. The number of aryl methyl sites for hydroxylation is 1. The Morgan fingerprint density at radius 3 is 2.61 bits per heavy atom. The summed E-state index contributed by atoms with van der Waals surface area (Å²) in [6.07, 6.45) is -0.284. The van der Waals surface area contributed by atoms with Crippen molar-refractivity contribution in [1.29, 1.82) is 0 Å². The zero-order chi connectivity index (χ0) is 13.1. The van der Waals surface area contributed by atoms with E-state index in [-0.39, 0.29) is 12.1 Å². The summed E-state index contributed by atoms with van der Waals surface area (Å²) in [7, 11) is 0. The molecule has 0 fully saturated rings. The molecule has 2 aromatic rings. The number of rotatable bonds is 4. The summed E-state index contributed by atoms with van der Waals surface area (Å²) in [5, 5.41) is 0. The van der Waals surface area contributed by atoms with Crippen LogP contribution in [0.1, 0.15) is 24.5 Å². The number of halogens is 1. The van der Waals surface area contributed by atoms with Crippen LogP contribution in [0.25, 0.3) is 0 Å². The van der Waals surface area contributed by atoms with E-state index in [4.69, 9.17) is 14.9 Å². The highest BCUT2D eigenvalue weighted by atomic mass is 79.9. The highest BCUT2D eigenvalue weighted by molar-refractivity contribution is 9.10. The van der Waals surface area contributed by atoms with Crippen molar-refractivity contribution in [1.82, 2.24) is 0 Å². The van der Waals surface area contributed by atoms with Gasteiger partial charge in [0.2, 0.25) is 0 Å². The first kappa shape index (κ1) is 13.2. The predicted molar refractivity (Wildman–Crippen MR) is 74.6 cm³/mol. The number of benzene rings is 1. The third-order valence-electron chi connectivity index (χ3n) is 2.58. The predicted octanol–water partition coefficient (Wildman–Crippen LogP) is 3.82. The lowest BCUT2D eigenvalue weighted by atomic mass is 10.1. The van der Waals surface area contributed by atoms with Gasteiger partial charge in [0.25, 0.3) is 0 Å². The number of ether oxygens (including phenoxy) is 1. The van der Waals surface area contributed by atoms with E-state index in [9.17, 15) is 0 Å². The smallest absolute Gasteiger partial charge is 0.171 e. The van der Waals surface area contributed by atoms with Gasteiger partial charge in [-0.3, -0.25) is 0 Å². The lowest BCUT2D eigenvalue weighted by Crippen LogP contribution is -2.28. The van der Waals surface area contributed by atoms with Crippen molar-refractivity contribution in [3.05, 3.63) is 52.4 Å². The first-order valence-corrected chi connectivity index (χ1v) is 6.59. The standard InChI is InChI=1S/C14H16BrNO2/c1-9-6-7-13(17-9)14(10(2)16)18-12-5-3-4-11(15)8-12/h3-8,10,14H,16H2,1-2H3. The molecule has 4 heteroatoms. The third-order valence-corrected chi connectivity index (χ3v) is 3.07. The summed E-state index contributed by atoms with van der Waals surface area (Å²) in [4.78, 5) is 0. The second-order valence-corrected chi connectivity index (χ2v) is 5.22. The van der Waals surface area contributed by atoms with Crippen molar-refractivity contribution < 1.29 is 9.15 Å². The minimum Gasteiger partial charge on any atom is -0.481 e. The van der Waals surface area contributed by atoms with Gasteiger partial charge in [-0.15, -0.1) is 0 Å². The van der Waals surface area contributed by atoms with Gasteiger partial charge in [-0.1, -0.05) is 22.0 Å². The van der Waals surface area contributed by atoms with Crippen molar-refractivity contribution in [2.24, 2.45) is 5.73 Å². The lowest BCUT2D eigenvalue weighted by molar-refractivity contribution is 0.151. The van der Waals surface area contributed by atoms with Gasteiger partial charge in [0.1, 0.15) is 17.3 Å². The van der Waals surface area contributed by atoms with E-state index in [0.29, 0.717) is 0 Å². The van der Waals surface area contributed by atoms with E-state index in [2.05, 4.69) is 15.9 Å². The van der Waals surface area contributed by atoms with Gasteiger partial charge in [-0.05, 0) is 44.2 Å². The monoisotopic (exact) mass is 309 g/mol. The fourth-order valence-electron chi connectivity index (χ4n) is 1.72. The third kappa shape index (κ3) is 3.15. The Labute approximate surface area is 115 Å². The minimum atomic E-state index is -0.284. The fraction of sp³-hybridized carbons (Fsp3) is 0.286. The average Bonchev–Trinajstić information content (AvgIpc) is 2.72. The Kier molecular flexibility index (Phi) is 4.09. The van der Waals surface area contributed by atoms with E-state index in [1.165, 1.54) is 0 Å². The Balaban J connectivity index is 2.22. The first-order valence-electron chi connectivity index (χ1n) is 5.80. The first-order chi connectivity index (χ1) is 8.56. The zero-order valence-corrected chi connectivity index (χ0v) is 12.0. The molecule has 0 amide bonds. The highest BCUT2D eigenvalue weighted by Crippen LogP contribution is 2.27. The van der Waals surface area contributed by atoms with Crippen molar-refractivity contribution in [3.8, 4) is 5.75 Å². The summed E-state index contributed by atoms with van der Waals surface area (Å²) in [6, 6.07) is 11.3. The maximum atomic E-state index is 5.97. The average molecular weight is 310 g/mol. The molecule has 0 bridgehead atoms. The van der Waals surface area contributed by atoms with Gasteiger partial charge in [-0.25, -0.2) is 0 Å². The molecule has 1 aromatic heterocycles. The number of furan rings is 1. The molecule has 0 spiro atoms.